The summed E-state index contributed by atoms with van der Waals surface area (Å²) in [6.45, 7) is 10.3. The molecule has 3 nitrogen and oxygen atoms in total. The van der Waals surface area contributed by atoms with Crippen molar-refractivity contribution in [1.82, 2.24) is 15.1 Å². The fraction of sp³-hybridized carbons (Fsp3) is 0.438. The predicted octanol–water partition coefficient (Wildman–Crippen LogP) is 3.38. The van der Waals surface area contributed by atoms with E-state index in [4.69, 9.17) is 0 Å². The molecule has 19 heavy (non-hydrogen) atoms. The van der Waals surface area contributed by atoms with E-state index in [9.17, 15) is 0 Å². The van der Waals surface area contributed by atoms with Crippen LogP contribution in [-0.4, -0.2) is 15.8 Å². The quantitative estimate of drug-likeness (QED) is 0.890. The Morgan fingerprint density at radius 3 is 2.58 bits per heavy atom. The summed E-state index contributed by atoms with van der Waals surface area (Å²) in [6, 6.07) is 9.05. The normalized spacial score (nSPS) is 11.2. The maximum absolute atomic E-state index is 4.54. The van der Waals surface area contributed by atoms with Crippen molar-refractivity contribution in [2.45, 2.75) is 46.8 Å². The minimum Gasteiger partial charge on any atom is -0.310 e. The van der Waals surface area contributed by atoms with Gasteiger partial charge in [-0.1, -0.05) is 38.1 Å². The van der Waals surface area contributed by atoms with E-state index in [-0.39, 0.29) is 0 Å². The average molecular weight is 257 g/mol. The number of rotatable bonds is 5. The summed E-state index contributed by atoms with van der Waals surface area (Å²) < 4.78 is 2.00. The fourth-order valence-corrected chi connectivity index (χ4v) is 2.20. The third kappa shape index (κ3) is 3.24. The smallest absolute Gasteiger partial charge is 0.0672 e. The van der Waals surface area contributed by atoms with Crippen LogP contribution in [0.25, 0.3) is 11.1 Å². The number of hydrogen-bond acceptors (Lipinski definition) is 2. The van der Waals surface area contributed by atoms with E-state index >= 15 is 0 Å². The summed E-state index contributed by atoms with van der Waals surface area (Å²) in [5.41, 5.74) is 4.95. The van der Waals surface area contributed by atoms with Crippen molar-refractivity contribution in [1.29, 1.82) is 0 Å². The van der Waals surface area contributed by atoms with Gasteiger partial charge in [0.05, 0.1) is 5.69 Å². The van der Waals surface area contributed by atoms with Gasteiger partial charge in [0.15, 0.2) is 0 Å². The van der Waals surface area contributed by atoms with E-state index in [0.29, 0.717) is 6.04 Å². The molecule has 0 bridgehead atoms. The molecule has 0 spiro atoms. The number of nitrogens with zero attached hydrogens (tertiary/aromatic N) is 2. The van der Waals surface area contributed by atoms with Gasteiger partial charge in [0.25, 0.3) is 0 Å². The molecular weight excluding hydrogens is 234 g/mol. The Morgan fingerprint density at radius 2 is 1.95 bits per heavy atom. The van der Waals surface area contributed by atoms with E-state index in [1.807, 2.05) is 4.68 Å². The largest absolute Gasteiger partial charge is 0.310 e. The zero-order valence-electron chi connectivity index (χ0n) is 12.3. The molecular formula is C16H23N3. The predicted molar refractivity (Wildman–Crippen MR) is 80.0 cm³/mol. The van der Waals surface area contributed by atoms with Crippen LogP contribution >= 0.6 is 0 Å². The Bertz CT molecular complexity index is 541. The Morgan fingerprint density at radius 1 is 1.21 bits per heavy atom. The molecule has 0 saturated heterocycles. The second-order valence-corrected chi connectivity index (χ2v) is 5.18. The van der Waals surface area contributed by atoms with Crippen LogP contribution in [0.2, 0.25) is 0 Å². The van der Waals surface area contributed by atoms with Gasteiger partial charge in [-0.3, -0.25) is 4.68 Å². The van der Waals surface area contributed by atoms with Crippen molar-refractivity contribution < 1.29 is 0 Å². The van der Waals surface area contributed by atoms with Crippen molar-refractivity contribution in [3.05, 3.63) is 41.7 Å². The Kier molecular flexibility index (Phi) is 4.38. The molecule has 1 aromatic carbocycles. The van der Waals surface area contributed by atoms with Crippen LogP contribution in [0.15, 0.2) is 30.5 Å². The highest BCUT2D eigenvalue weighted by atomic mass is 15.3. The van der Waals surface area contributed by atoms with Crippen molar-refractivity contribution in [3.63, 3.8) is 0 Å². The minimum atomic E-state index is 0.493. The van der Waals surface area contributed by atoms with Crippen LogP contribution in [0, 0.1) is 6.92 Å². The first-order valence-corrected chi connectivity index (χ1v) is 6.97. The number of hydrogen-bond donors (Lipinski definition) is 1. The summed E-state index contributed by atoms with van der Waals surface area (Å²) in [4.78, 5) is 0. The Labute approximate surface area is 115 Å². The van der Waals surface area contributed by atoms with E-state index in [1.165, 1.54) is 16.7 Å². The lowest BCUT2D eigenvalue weighted by molar-refractivity contribution is 0.589. The number of benzene rings is 1. The SMILES string of the molecule is CCn1cc(-c2ccccc2CNC(C)C)c(C)n1. The van der Waals surface area contributed by atoms with E-state index in [0.717, 1.165) is 18.8 Å². The molecule has 0 saturated carbocycles. The summed E-state index contributed by atoms with van der Waals surface area (Å²) in [5.74, 6) is 0. The highest BCUT2D eigenvalue weighted by Gasteiger charge is 2.10. The van der Waals surface area contributed by atoms with Gasteiger partial charge < -0.3 is 5.32 Å². The molecule has 0 aliphatic rings. The van der Waals surface area contributed by atoms with E-state index in [2.05, 4.69) is 68.6 Å². The molecule has 0 atom stereocenters. The molecule has 0 radical (unpaired) electrons. The number of nitrogens with one attached hydrogen (secondary N) is 1. The standard InChI is InChI=1S/C16H23N3/c1-5-19-11-16(13(4)18-19)15-9-7-6-8-14(15)10-17-12(2)3/h6-9,11-12,17H,5,10H2,1-4H3. The van der Waals surface area contributed by atoms with E-state index in [1.54, 1.807) is 0 Å². The average Bonchev–Trinajstić information content (AvgIpc) is 2.78. The minimum absolute atomic E-state index is 0.493. The number of aryl methyl sites for hydroxylation is 2. The first kappa shape index (κ1) is 13.8. The first-order valence-electron chi connectivity index (χ1n) is 6.97. The first-order chi connectivity index (χ1) is 9.11. The fourth-order valence-electron chi connectivity index (χ4n) is 2.20. The molecule has 0 amide bonds. The van der Waals surface area contributed by atoms with Gasteiger partial charge in [-0.15, -0.1) is 0 Å². The summed E-state index contributed by atoms with van der Waals surface area (Å²) in [6.07, 6.45) is 2.14. The highest BCUT2D eigenvalue weighted by Crippen LogP contribution is 2.26. The van der Waals surface area contributed by atoms with Gasteiger partial charge in [-0.2, -0.15) is 5.10 Å². The molecule has 0 aliphatic heterocycles. The molecule has 2 aromatic rings. The summed E-state index contributed by atoms with van der Waals surface area (Å²) in [5, 5.41) is 8.02. The van der Waals surface area contributed by atoms with Gasteiger partial charge in [0, 0.05) is 30.9 Å². The van der Waals surface area contributed by atoms with Crippen molar-refractivity contribution in [2.75, 3.05) is 0 Å². The van der Waals surface area contributed by atoms with Crippen LogP contribution in [-0.2, 0) is 13.1 Å². The van der Waals surface area contributed by atoms with Gasteiger partial charge in [-0.05, 0) is 25.0 Å². The maximum Gasteiger partial charge on any atom is 0.0672 e. The Hall–Kier alpha value is -1.61. The summed E-state index contributed by atoms with van der Waals surface area (Å²) >= 11 is 0. The Balaban J connectivity index is 2.35. The van der Waals surface area contributed by atoms with Crippen molar-refractivity contribution in [2.24, 2.45) is 0 Å². The molecule has 3 heteroatoms. The molecule has 0 fully saturated rings. The summed E-state index contributed by atoms with van der Waals surface area (Å²) in [7, 11) is 0. The van der Waals surface area contributed by atoms with Gasteiger partial charge in [0.2, 0.25) is 0 Å². The van der Waals surface area contributed by atoms with Crippen molar-refractivity contribution >= 4 is 0 Å². The molecule has 1 aromatic heterocycles. The van der Waals surface area contributed by atoms with E-state index < -0.39 is 0 Å². The topological polar surface area (TPSA) is 29.9 Å². The van der Waals surface area contributed by atoms with Gasteiger partial charge >= 0.3 is 0 Å². The van der Waals surface area contributed by atoms with Gasteiger partial charge in [0.1, 0.15) is 0 Å². The van der Waals surface area contributed by atoms with Crippen LogP contribution in [0.3, 0.4) is 0 Å². The maximum atomic E-state index is 4.54. The van der Waals surface area contributed by atoms with Crippen LogP contribution < -0.4 is 5.32 Å². The molecule has 1 N–H and O–H groups in total. The lowest BCUT2D eigenvalue weighted by atomic mass is 10.0. The lowest BCUT2D eigenvalue weighted by Crippen LogP contribution is -2.22. The van der Waals surface area contributed by atoms with Gasteiger partial charge in [-0.25, -0.2) is 0 Å². The van der Waals surface area contributed by atoms with Crippen LogP contribution in [0.1, 0.15) is 32.0 Å². The third-order valence-corrected chi connectivity index (χ3v) is 3.28. The lowest BCUT2D eigenvalue weighted by Gasteiger charge is -2.12. The second-order valence-electron chi connectivity index (χ2n) is 5.18. The molecule has 0 aliphatic carbocycles. The van der Waals surface area contributed by atoms with Crippen LogP contribution in [0.5, 0.6) is 0 Å². The zero-order valence-corrected chi connectivity index (χ0v) is 12.3. The second kappa shape index (κ2) is 6.02. The third-order valence-electron chi connectivity index (χ3n) is 3.28. The molecule has 102 valence electrons. The van der Waals surface area contributed by atoms with Crippen LogP contribution in [0.4, 0.5) is 0 Å². The molecule has 1 heterocycles. The highest BCUT2D eigenvalue weighted by molar-refractivity contribution is 5.68. The number of aromatic nitrogens is 2. The monoisotopic (exact) mass is 257 g/mol. The zero-order chi connectivity index (χ0) is 13.8. The molecule has 2 rings (SSSR count). The molecule has 0 unspecified atom stereocenters. The van der Waals surface area contributed by atoms with Crippen molar-refractivity contribution in [3.8, 4) is 11.1 Å².